The Morgan fingerprint density at radius 3 is 2.19 bits per heavy atom. The highest BCUT2D eigenvalue weighted by atomic mass is 16.1. The molecule has 1 rings (SSSR count). The van der Waals surface area contributed by atoms with Crippen LogP contribution in [0.2, 0.25) is 0 Å². The molecule has 120 valence electrons. The van der Waals surface area contributed by atoms with Crippen molar-refractivity contribution in [2.75, 3.05) is 0 Å². The minimum absolute atomic E-state index is 0.259. The van der Waals surface area contributed by atoms with Gasteiger partial charge in [0.15, 0.2) is 5.78 Å². The first kappa shape index (κ1) is 17.9. The molecular formula is C18H32N2O. The molecule has 0 fully saturated rings. The van der Waals surface area contributed by atoms with Gasteiger partial charge in [-0.1, -0.05) is 58.8 Å². The highest BCUT2D eigenvalue weighted by Crippen LogP contribution is 2.13. The van der Waals surface area contributed by atoms with Gasteiger partial charge in [-0.2, -0.15) is 5.10 Å². The number of rotatable bonds is 12. The third kappa shape index (κ3) is 6.45. The monoisotopic (exact) mass is 292 g/mol. The lowest BCUT2D eigenvalue weighted by Crippen LogP contribution is -2.09. The van der Waals surface area contributed by atoms with Crippen molar-refractivity contribution in [1.82, 2.24) is 9.78 Å². The summed E-state index contributed by atoms with van der Waals surface area (Å²) >= 11 is 0. The molecule has 3 heteroatoms. The van der Waals surface area contributed by atoms with E-state index in [9.17, 15) is 4.79 Å². The Kier molecular flexibility index (Phi) is 9.04. The summed E-state index contributed by atoms with van der Waals surface area (Å²) in [5, 5.41) is 4.45. The molecule has 0 saturated heterocycles. The van der Waals surface area contributed by atoms with Crippen LogP contribution in [0.5, 0.6) is 0 Å². The molecule has 0 N–H and O–H groups in total. The Morgan fingerprint density at radius 2 is 1.62 bits per heavy atom. The highest BCUT2D eigenvalue weighted by molar-refractivity contribution is 5.94. The summed E-state index contributed by atoms with van der Waals surface area (Å²) in [4.78, 5) is 12.3. The maximum absolute atomic E-state index is 12.3. The predicted octanol–water partition coefficient (Wildman–Crippen LogP) is 5.18. The molecule has 0 amide bonds. The van der Waals surface area contributed by atoms with Gasteiger partial charge in [0.05, 0.1) is 5.69 Å². The van der Waals surface area contributed by atoms with Crippen LogP contribution >= 0.6 is 0 Å². The molecule has 0 atom stereocenters. The quantitative estimate of drug-likeness (QED) is 0.393. The molecule has 1 aromatic rings. The van der Waals surface area contributed by atoms with Crippen LogP contribution in [-0.2, 0) is 13.0 Å². The standard InChI is InChI=1S/C18H32N2O/c1-4-7-8-9-10-11-12-13-14-18(21)17-15-16(5-2)19-20(17)6-3/h15H,4-14H2,1-3H3. The molecule has 0 unspecified atom stereocenters. The lowest BCUT2D eigenvalue weighted by atomic mass is 10.0. The van der Waals surface area contributed by atoms with Crippen LogP contribution in [0.15, 0.2) is 6.07 Å². The van der Waals surface area contributed by atoms with E-state index in [0.29, 0.717) is 6.42 Å². The van der Waals surface area contributed by atoms with Gasteiger partial charge in [0.25, 0.3) is 0 Å². The first-order chi connectivity index (χ1) is 10.2. The van der Waals surface area contributed by atoms with Gasteiger partial charge in [-0.05, 0) is 25.8 Å². The molecule has 21 heavy (non-hydrogen) atoms. The number of hydrogen-bond acceptors (Lipinski definition) is 2. The van der Waals surface area contributed by atoms with Gasteiger partial charge in [-0.3, -0.25) is 9.48 Å². The van der Waals surface area contributed by atoms with Gasteiger partial charge in [0.1, 0.15) is 5.69 Å². The van der Waals surface area contributed by atoms with Gasteiger partial charge < -0.3 is 0 Å². The fraction of sp³-hybridized carbons (Fsp3) is 0.778. The maximum atomic E-state index is 12.3. The summed E-state index contributed by atoms with van der Waals surface area (Å²) in [6.45, 7) is 7.14. The van der Waals surface area contributed by atoms with Crippen LogP contribution in [0.3, 0.4) is 0 Å². The molecule has 3 nitrogen and oxygen atoms in total. The smallest absolute Gasteiger partial charge is 0.180 e. The van der Waals surface area contributed by atoms with E-state index in [1.54, 1.807) is 0 Å². The van der Waals surface area contributed by atoms with Crippen LogP contribution in [-0.4, -0.2) is 15.6 Å². The van der Waals surface area contributed by atoms with Crippen molar-refractivity contribution in [3.8, 4) is 0 Å². The topological polar surface area (TPSA) is 34.9 Å². The van der Waals surface area contributed by atoms with Crippen LogP contribution in [0.4, 0.5) is 0 Å². The zero-order chi connectivity index (χ0) is 15.5. The van der Waals surface area contributed by atoms with E-state index >= 15 is 0 Å². The molecule has 1 heterocycles. The average Bonchev–Trinajstić information content (AvgIpc) is 2.93. The van der Waals surface area contributed by atoms with Crippen LogP contribution in [0.1, 0.15) is 94.7 Å². The van der Waals surface area contributed by atoms with E-state index in [0.717, 1.165) is 30.8 Å². The Balaban J connectivity index is 2.23. The Bertz CT molecular complexity index is 409. The summed E-state index contributed by atoms with van der Waals surface area (Å²) in [6, 6.07) is 1.97. The average molecular weight is 292 g/mol. The highest BCUT2D eigenvalue weighted by Gasteiger charge is 2.13. The first-order valence-electron chi connectivity index (χ1n) is 8.82. The Hall–Kier alpha value is -1.12. The summed E-state index contributed by atoms with van der Waals surface area (Å²) in [7, 11) is 0. The van der Waals surface area contributed by atoms with E-state index < -0.39 is 0 Å². The first-order valence-corrected chi connectivity index (χ1v) is 8.82. The SMILES string of the molecule is CCCCCCCCCCC(=O)c1cc(CC)nn1CC. The molecule has 0 aliphatic heterocycles. The van der Waals surface area contributed by atoms with Crippen LogP contribution < -0.4 is 0 Å². The molecule has 0 radical (unpaired) electrons. The zero-order valence-corrected chi connectivity index (χ0v) is 14.2. The Labute approximate surface area is 130 Å². The fourth-order valence-corrected chi connectivity index (χ4v) is 2.66. The van der Waals surface area contributed by atoms with E-state index in [1.165, 1.54) is 44.9 Å². The van der Waals surface area contributed by atoms with E-state index in [-0.39, 0.29) is 5.78 Å². The predicted molar refractivity (Wildman–Crippen MR) is 88.8 cm³/mol. The number of aryl methyl sites for hydroxylation is 2. The second kappa shape index (κ2) is 10.6. The van der Waals surface area contributed by atoms with Crippen LogP contribution in [0, 0.1) is 0 Å². The number of ketones is 1. The number of nitrogens with zero attached hydrogens (tertiary/aromatic N) is 2. The van der Waals surface area contributed by atoms with E-state index in [2.05, 4.69) is 18.9 Å². The molecule has 0 aromatic carbocycles. The molecule has 0 aliphatic carbocycles. The third-order valence-electron chi connectivity index (χ3n) is 4.04. The summed E-state index contributed by atoms with van der Waals surface area (Å²) in [5.74, 6) is 0.259. The van der Waals surface area contributed by atoms with Crippen molar-refractivity contribution in [1.29, 1.82) is 0 Å². The second-order valence-electron chi connectivity index (χ2n) is 5.84. The maximum Gasteiger partial charge on any atom is 0.180 e. The fourth-order valence-electron chi connectivity index (χ4n) is 2.66. The molecule has 0 bridgehead atoms. The number of aromatic nitrogens is 2. The number of hydrogen-bond donors (Lipinski definition) is 0. The molecule has 1 aromatic heterocycles. The largest absolute Gasteiger partial charge is 0.292 e. The summed E-state index contributed by atoms with van der Waals surface area (Å²) < 4.78 is 1.85. The number of carbonyl (C=O) groups excluding carboxylic acids is 1. The summed E-state index contributed by atoms with van der Waals surface area (Å²) in [6.07, 6.45) is 11.7. The number of unbranched alkanes of at least 4 members (excludes halogenated alkanes) is 7. The third-order valence-corrected chi connectivity index (χ3v) is 4.04. The van der Waals surface area contributed by atoms with Crippen molar-refractivity contribution in [3.05, 3.63) is 17.5 Å². The van der Waals surface area contributed by atoms with Crippen molar-refractivity contribution in [3.63, 3.8) is 0 Å². The van der Waals surface area contributed by atoms with Gasteiger partial charge >= 0.3 is 0 Å². The van der Waals surface area contributed by atoms with Crippen molar-refractivity contribution < 1.29 is 4.79 Å². The van der Waals surface area contributed by atoms with Gasteiger partial charge in [-0.25, -0.2) is 0 Å². The minimum atomic E-state index is 0.259. The minimum Gasteiger partial charge on any atom is -0.292 e. The van der Waals surface area contributed by atoms with E-state index in [4.69, 9.17) is 0 Å². The van der Waals surface area contributed by atoms with E-state index in [1.807, 2.05) is 17.7 Å². The molecular weight excluding hydrogens is 260 g/mol. The van der Waals surface area contributed by atoms with Crippen molar-refractivity contribution in [2.24, 2.45) is 0 Å². The Morgan fingerprint density at radius 1 is 1.00 bits per heavy atom. The van der Waals surface area contributed by atoms with Gasteiger partial charge in [-0.15, -0.1) is 0 Å². The lowest BCUT2D eigenvalue weighted by Gasteiger charge is -2.04. The molecule has 0 spiro atoms. The van der Waals surface area contributed by atoms with Crippen LogP contribution in [0.25, 0.3) is 0 Å². The van der Waals surface area contributed by atoms with Gasteiger partial charge in [0, 0.05) is 13.0 Å². The molecule has 0 aliphatic rings. The second-order valence-corrected chi connectivity index (χ2v) is 5.84. The zero-order valence-electron chi connectivity index (χ0n) is 14.2. The number of carbonyl (C=O) groups is 1. The normalized spacial score (nSPS) is 11.0. The number of Topliss-reactive ketones (excluding diaryl/α,β-unsaturated/α-hetero) is 1. The lowest BCUT2D eigenvalue weighted by molar-refractivity contribution is 0.0968. The molecule has 0 saturated carbocycles. The van der Waals surface area contributed by atoms with Crippen molar-refractivity contribution in [2.45, 2.75) is 91.5 Å². The summed E-state index contributed by atoms with van der Waals surface area (Å²) in [5.41, 5.74) is 1.83. The van der Waals surface area contributed by atoms with Gasteiger partial charge in [0.2, 0.25) is 0 Å². The van der Waals surface area contributed by atoms with Crippen molar-refractivity contribution >= 4 is 5.78 Å².